The topological polar surface area (TPSA) is 59.8 Å². The number of hydrogen-bond acceptors (Lipinski definition) is 3. The van der Waals surface area contributed by atoms with Crippen molar-refractivity contribution < 1.29 is 4.79 Å². The maximum atomic E-state index is 12.9. The number of amides is 1. The van der Waals surface area contributed by atoms with Crippen molar-refractivity contribution in [3.05, 3.63) is 53.6 Å². The van der Waals surface area contributed by atoms with Crippen molar-refractivity contribution in [2.24, 2.45) is 5.41 Å². The molecule has 1 aliphatic carbocycles. The van der Waals surface area contributed by atoms with Crippen LogP contribution in [0.2, 0.25) is 0 Å². The van der Waals surface area contributed by atoms with Crippen LogP contribution in [-0.4, -0.2) is 20.7 Å². The summed E-state index contributed by atoms with van der Waals surface area (Å²) in [6.45, 7) is 14.8. The number of nitrogens with one attached hydrogen (secondary N) is 1. The molecule has 0 spiro atoms. The fourth-order valence-electron chi connectivity index (χ4n) is 4.15. The molecular formula is C26H38N4O. The molecule has 168 valence electrons. The van der Waals surface area contributed by atoms with E-state index in [0.717, 1.165) is 42.2 Å². The zero-order valence-corrected chi connectivity index (χ0v) is 19.9. The molecule has 1 saturated carbocycles. The SMILES string of the molecule is C=CC[C@@H](CC(=O)Nc1ccc(C)cc1C)c1nnc(CCCC(C)(C)C)n1C1CC1. The number of benzene rings is 1. The van der Waals surface area contributed by atoms with Gasteiger partial charge in [-0.15, -0.1) is 16.8 Å². The van der Waals surface area contributed by atoms with E-state index in [4.69, 9.17) is 0 Å². The highest BCUT2D eigenvalue weighted by atomic mass is 16.1. The molecule has 1 N–H and O–H groups in total. The van der Waals surface area contributed by atoms with Crippen LogP contribution in [0, 0.1) is 19.3 Å². The van der Waals surface area contributed by atoms with Crippen LogP contribution in [0.4, 0.5) is 5.69 Å². The summed E-state index contributed by atoms with van der Waals surface area (Å²) < 4.78 is 2.33. The second-order valence-electron chi connectivity index (χ2n) is 10.3. The minimum Gasteiger partial charge on any atom is -0.326 e. The quantitative estimate of drug-likeness (QED) is 0.458. The summed E-state index contributed by atoms with van der Waals surface area (Å²) in [4.78, 5) is 12.9. The van der Waals surface area contributed by atoms with E-state index in [1.54, 1.807) is 0 Å². The Morgan fingerprint density at radius 3 is 2.65 bits per heavy atom. The van der Waals surface area contributed by atoms with Crippen molar-refractivity contribution >= 4 is 11.6 Å². The van der Waals surface area contributed by atoms with Crippen LogP contribution in [0.25, 0.3) is 0 Å². The van der Waals surface area contributed by atoms with Crippen LogP contribution < -0.4 is 5.32 Å². The van der Waals surface area contributed by atoms with Gasteiger partial charge in [0.2, 0.25) is 5.91 Å². The number of rotatable bonds is 10. The molecule has 31 heavy (non-hydrogen) atoms. The van der Waals surface area contributed by atoms with Crippen LogP contribution >= 0.6 is 0 Å². The van der Waals surface area contributed by atoms with Gasteiger partial charge < -0.3 is 9.88 Å². The summed E-state index contributed by atoms with van der Waals surface area (Å²) in [5.74, 6) is 2.03. The van der Waals surface area contributed by atoms with Crippen molar-refractivity contribution in [1.82, 2.24) is 14.8 Å². The summed E-state index contributed by atoms with van der Waals surface area (Å²) in [6, 6.07) is 6.58. The monoisotopic (exact) mass is 422 g/mol. The standard InChI is InChI=1S/C26H38N4O/c1-7-9-20(17-24(31)27-22-14-11-18(2)16-19(22)3)25-29-28-23(30(25)21-12-13-21)10-8-15-26(4,5)6/h7,11,14,16,20-21H,1,8-10,12-13,15,17H2,2-6H3,(H,27,31)/t20-/m0/s1. The largest absolute Gasteiger partial charge is 0.326 e. The van der Waals surface area contributed by atoms with Gasteiger partial charge in [0, 0.05) is 30.5 Å². The molecule has 1 fully saturated rings. The second kappa shape index (κ2) is 9.80. The van der Waals surface area contributed by atoms with Crippen LogP contribution in [0.3, 0.4) is 0 Å². The normalized spacial score (nSPS) is 15.0. The first kappa shape index (κ1) is 23.2. The predicted molar refractivity (Wildman–Crippen MR) is 127 cm³/mol. The number of allylic oxidation sites excluding steroid dienone is 1. The third-order valence-electron chi connectivity index (χ3n) is 5.94. The van der Waals surface area contributed by atoms with Gasteiger partial charge in [-0.3, -0.25) is 4.79 Å². The molecule has 0 unspecified atom stereocenters. The van der Waals surface area contributed by atoms with Crippen molar-refractivity contribution in [3.8, 4) is 0 Å². The molecule has 0 aliphatic heterocycles. The molecular weight excluding hydrogens is 384 g/mol. The molecule has 1 aromatic carbocycles. The van der Waals surface area contributed by atoms with Gasteiger partial charge in [0.1, 0.15) is 11.6 Å². The van der Waals surface area contributed by atoms with Crippen molar-refractivity contribution in [2.45, 2.75) is 91.5 Å². The third-order valence-corrected chi connectivity index (χ3v) is 5.94. The van der Waals surface area contributed by atoms with Crippen LogP contribution in [-0.2, 0) is 11.2 Å². The summed E-state index contributed by atoms with van der Waals surface area (Å²) in [5.41, 5.74) is 3.47. The van der Waals surface area contributed by atoms with Gasteiger partial charge >= 0.3 is 0 Å². The highest BCUT2D eigenvalue weighted by Gasteiger charge is 2.32. The molecule has 1 heterocycles. The smallest absolute Gasteiger partial charge is 0.225 e. The maximum absolute atomic E-state index is 12.9. The zero-order chi connectivity index (χ0) is 22.6. The molecule has 5 heteroatoms. The van der Waals surface area contributed by atoms with Crippen LogP contribution in [0.5, 0.6) is 0 Å². The molecule has 0 radical (unpaired) electrons. The molecule has 1 atom stereocenters. The lowest BCUT2D eigenvalue weighted by Gasteiger charge is -2.19. The van der Waals surface area contributed by atoms with Gasteiger partial charge in [0.05, 0.1) is 0 Å². The van der Waals surface area contributed by atoms with Crippen LogP contribution in [0.15, 0.2) is 30.9 Å². The van der Waals surface area contributed by atoms with Crippen molar-refractivity contribution in [2.75, 3.05) is 5.32 Å². The lowest BCUT2D eigenvalue weighted by atomic mass is 9.90. The van der Waals surface area contributed by atoms with Crippen molar-refractivity contribution in [3.63, 3.8) is 0 Å². The molecule has 1 amide bonds. The number of carbonyl (C=O) groups excluding carboxylic acids is 1. The molecule has 2 aromatic rings. The summed E-state index contributed by atoms with van der Waals surface area (Å²) in [6.07, 6.45) is 8.54. The predicted octanol–water partition coefficient (Wildman–Crippen LogP) is 6.29. The van der Waals surface area contributed by atoms with E-state index in [2.05, 4.69) is 60.4 Å². The van der Waals surface area contributed by atoms with E-state index in [1.807, 2.05) is 25.1 Å². The summed E-state index contributed by atoms with van der Waals surface area (Å²) >= 11 is 0. The lowest BCUT2D eigenvalue weighted by Crippen LogP contribution is -2.19. The van der Waals surface area contributed by atoms with E-state index < -0.39 is 0 Å². The zero-order valence-electron chi connectivity index (χ0n) is 19.9. The molecule has 5 nitrogen and oxygen atoms in total. The molecule has 1 aromatic heterocycles. The molecule has 1 aliphatic rings. The lowest BCUT2D eigenvalue weighted by molar-refractivity contribution is -0.116. The summed E-state index contributed by atoms with van der Waals surface area (Å²) in [7, 11) is 0. The number of aromatic nitrogens is 3. The van der Waals surface area contributed by atoms with Gasteiger partial charge in [-0.05, 0) is 63.0 Å². The molecule has 0 saturated heterocycles. The van der Waals surface area contributed by atoms with Crippen molar-refractivity contribution in [1.29, 1.82) is 0 Å². The highest BCUT2D eigenvalue weighted by molar-refractivity contribution is 5.92. The maximum Gasteiger partial charge on any atom is 0.225 e. The Kier molecular flexibility index (Phi) is 7.34. The van der Waals surface area contributed by atoms with E-state index in [9.17, 15) is 4.79 Å². The fraction of sp³-hybridized carbons (Fsp3) is 0.577. The third kappa shape index (κ3) is 6.52. The first-order valence-corrected chi connectivity index (χ1v) is 11.6. The number of aryl methyl sites for hydroxylation is 3. The number of hydrogen-bond donors (Lipinski definition) is 1. The van der Waals surface area contributed by atoms with E-state index >= 15 is 0 Å². The minimum atomic E-state index is -0.00674. The van der Waals surface area contributed by atoms with E-state index in [-0.39, 0.29) is 11.8 Å². The van der Waals surface area contributed by atoms with Gasteiger partial charge in [0.25, 0.3) is 0 Å². The Morgan fingerprint density at radius 1 is 1.29 bits per heavy atom. The Bertz CT molecular complexity index is 918. The Hall–Kier alpha value is -2.43. The minimum absolute atomic E-state index is 0.00674. The van der Waals surface area contributed by atoms with Gasteiger partial charge in [0.15, 0.2) is 0 Å². The first-order valence-electron chi connectivity index (χ1n) is 11.6. The first-order chi connectivity index (χ1) is 14.7. The highest BCUT2D eigenvalue weighted by Crippen LogP contribution is 2.39. The van der Waals surface area contributed by atoms with Gasteiger partial charge in [-0.2, -0.15) is 0 Å². The van der Waals surface area contributed by atoms with Gasteiger partial charge in [-0.25, -0.2) is 0 Å². The fourth-order valence-corrected chi connectivity index (χ4v) is 4.15. The number of carbonyl (C=O) groups is 1. The second-order valence-corrected chi connectivity index (χ2v) is 10.3. The average Bonchev–Trinajstić information content (AvgIpc) is 3.42. The Morgan fingerprint density at radius 2 is 2.03 bits per heavy atom. The van der Waals surface area contributed by atoms with E-state index in [0.29, 0.717) is 24.3 Å². The van der Waals surface area contributed by atoms with E-state index in [1.165, 1.54) is 18.4 Å². The van der Waals surface area contributed by atoms with Gasteiger partial charge in [-0.1, -0.05) is 44.5 Å². The number of nitrogens with zero attached hydrogens (tertiary/aromatic N) is 3. The molecule has 0 bridgehead atoms. The summed E-state index contributed by atoms with van der Waals surface area (Å²) in [5, 5.41) is 12.2. The number of anilines is 1. The molecule has 3 rings (SSSR count). The Labute approximate surface area is 187 Å². The van der Waals surface area contributed by atoms with Crippen LogP contribution in [0.1, 0.15) is 94.0 Å². The average molecular weight is 423 g/mol. The Balaban J connectivity index is 1.74.